The number of hydrogen-bond donors (Lipinski definition) is 2. The van der Waals surface area contributed by atoms with E-state index in [1.807, 2.05) is 25.1 Å². The van der Waals surface area contributed by atoms with Crippen molar-refractivity contribution in [1.82, 2.24) is 5.32 Å². The van der Waals surface area contributed by atoms with Crippen molar-refractivity contribution in [1.29, 1.82) is 0 Å². The van der Waals surface area contributed by atoms with Crippen molar-refractivity contribution in [2.75, 3.05) is 41.1 Å². The molecule has 0 aliphatic heterocycles. The summed E-state index contributed by atoms with van der Waals surface area (Å²) >= 11 is 0. The Bertz CT molecular complexity index is 397. The van der Waals surface area contributed by atoms with Crippen molar-refractivity contribution < 1.29 is 19.3 Å². The van der Waals surface area contributed by atoms with Crippen molar-refractivity contribution in [3.05, 3.63) is 23.8 Å². The number of aliphatic hydroxyl groups excluding tert-OH is 1. The topological polar surface area (TPSA) is 60.0 Å². The van der Waals surface area contributed by atoms with E-state index in [2.05, 4.69) is 5.32 Å². The highest BCUT2D eigenvalue weighted by Crippen LogP contribution is 2.32. The molecule has 0 heterocycles. The van der Waals surface area contributed by atoms with Gasteiger partial charge in [-0.1, -0.05) is 0 Å². The summed E-state index contributed by atoms with van der Waals surface area (Å²) in [7, 11) is 4.86. The monoisotopic (exact) mass is 269 g/mol. The van der Waals surface area contributed by atoms with Gasteiger partial charge in [-0.2, -0.15) is 0 Å². The molecule has 0 radical (unpaired) electrons. The Morgan fingerprint density at radius 3 is 2.47 bits per heavy atom. The Balaban J connectivity index is 3.06. The standard InChI is InChI=1S/C14H23NO4/c1-14(10-16,15-7-8-17-2)12-9-11(18-3)5-6-13(12)19-4/h5-6,9,15-16H,7-8,10H2,1-4H3. The van der Waals surface area contributed by atoms with E-state index in [1.54, 1.807) is 21.3 Å². The molecular formula is C14H23NO4. The Labute approximate surface area is 114 Å². The highest BCUT2D eigenvalue weighted by Gasteiger charge is 2.29. The normalized spacial score (nSPS) is 13.9. The van der Waals surface area contributed by atoms with Gasteiger partial charge in [0.2, 0.25) is 0 Å². The van der Waals surface area contributed by atoms with Crippen LogP contribution >= 0.6 is 0 Å². The Morgan fingerprint density at radius 2 is 1.95 bits per heavy atom. The maximum atomic E-state index is 9.72. The van der Waals surface area contributed by atoms with Gasteiger partial charge in [-0.05, 0) is 25.1 Å². The first-order valence-corrected chi connectivity index (χ1v) is 6.18. The van der Waals surface area contributed by atoms with Crippen molar-refractivity contribution >= 4 is 0 Å². The number of benzene rings is 1. The first-order valence-electron chi connectivity index (χ1n) is 6.18. The number of nitrogens with one attached hydrogen (secondary N) is 1. The highest BCUT2D eigenvalue weighted by molar-refractivity contribution is 5.44. The fourth-order valence-corrected chi connectivity index (χ4v) is 1.91. The molecule has 1 aromatic rings. The molecule has 5 nitrogen and oxygen atoms in total. The second-order valence-electron chi connectivity index (χ2n) is 4.48. The number of ether oxygens (including phenoxy) is 3. The smallest absolute Gasteiger partial charge is 0.124 e. The van der Waals surface area contributed by atoms with E-state index in [1.165, 1.54) is 0 Å². The molecule has 0 spiro atoms. The van der Waals surface area contributed by atoms with E-state index < -0.39 is 5.54 Å². The number of hydrogen-bond acceptors (Lipinski definition) is 5. The molecule has 1 atom stereocenters. The molecule has 0 fully saturated rings. The van der Waals surface area contributed by atoms with Gasteiger partial charge in [0.25, 0.3) is 0 Å². The molecule has 0 saturated heterocycles. The maximum absolute atomic E-state index is 9.72. The third-order valence-corrected chi connectivity index (χ3v) is 3.14. The molecule has 1 unspecified atom stereocenters. The lowest BCUT2D eigenvalue weighted by atomic mass is 9.91. The van der Waals surface area contributed by atoms with Gasteiger partial charge < -0.3 is 24.6 Å². The summed E-state index contributed by atoms with van der Waals surface area (Å²) in [5, 5.41) is 13.0. The van der Waals surface area contributed by atoms with E-state index in [0.29, 0.717) is 18.9 Å². The van der Waals surface area contributed by atoms with E-state index in [4.69, 9.17) is 14.2 Å². The number of methoxy groups -OCH3 is 3. The molecule has 1 aromatic carbocycles. The zero-order chi connectivity index (χ0) is 14.3. The van der Waals surface area contributed by atoms with Crippen LogP contribution in [0.1, 0.15) is 12.5 Å². The van der Waals surface area contributed by atoms with E-state index >= 15 is 0 Å². The third-order valence-electron chi connectivity index (χ3n) is 3.14. The average molecular weight is 269 g/mol. The first kappa shape index (κ1) is 15.8. The van der Waals surface area contributed by atoms with Gasteiger partial charge in [-0.25, -0.2) is 0 Å². The van der Waals surface area contributed by atoms with Crippen LogP contribution in [0.15, 0.2) is 18.2 Å². The lowest BCUT2D eigenvalue weighted by Gasteiger charge is -2.31. The average Bonchev–Trinajstić information content (AvgIpc) is 2.46. The fourth-order valence-electron chi connectivity index (χ4n) is 1.91. The minimum atomic E-state index is -0.613. The molecule has 0 aliphatic rings. The summed E-state index contributed by atoms with van der Waals surface area (Å²) in [6.45, 7) is 3.07. The lowest BCUT2D eigenvalue weighted by molar-refractivity contribution is 0.145. The van der Waals surface area contributed by atoms with Crippen LogP contribution in [0.25, 0.3) is 0 Å². The van der Waals surface area contributed by atoms with Gasteiger partial charge in [0.1, 0.15) is 11.5 Å². The van der Waals surface area contributed by atoms with Gasteiger partial charge in [-0.15, -0.1) is 0 Å². The zero-order valence-corrected chi connectivity index (χ0v) is 12.0. The van der Waals surface area contributed by atoms with Crippen LogP contribution in [-0.2, 0) is 10.3 Å². The van der Waals surface area contributed by atoms with Gasteiger partial charge in [0.05, 0.1) is 33.0 Å². The van der Waals surface area contributed by atoms with Gasteiger partial charge in [-0.3, -0.25) is 0 Å². The SMILES string of the molecule is COCCNC(C)(CO)c1cc(OC)ccc1OC. The second-order valence-corrected chi connectivity index (χ2v) is 4.48. The van der Waals surface area contributed by atoms with Gasteiger partial charge in [0, 0.05) is 19.2 Å². The van der Waals surface area contributed by atoms with Crippen LogP contribution in [0.2, 0.25) is 0 Å². The summed E-state index contributed by atoms with van der Waals surface area (Å²) in [6.07, 6.45) is 0. The molecule has 0 aromatic heterocycles. The van der Waals surface area contributed by atoms with E-state index in [-0.39, 0.29) is 6.61 Å². The summed E-state index contributed by atoms with van der Waals surface area (Å²) in [5.74, 6) is 1.44. The highest BCUT2D eigenvalue weighted by atomic mass is 16.5. The minimum Gasteiger partial charge on any atom is -0.497 e. The van der Waals surface area contributed by atoms with E-state index in [9.17, 15) is 5.11 Å². The van der Waals surface area contributed by atoms with Crippen LogP contribution in [0, 0.1) is 0 Å². The van der Waals surface area contributed by atoms with E-state index in [0.717, 1.165) is 11.3 Å². The summed E-state index contributed by atoms with van der Waals surface area (Å²) in [4.78, 5) is 0. The van der Waals surface area contributed by atoms with Crippen molar-refractivity contribution in [3.63, 3.8) is 0 Å². The molecule has 1 rings (SSSR count). The second kappa shape index (κ2) is 7.33. The largest absolute Gasteiger partial charge is 0.497 e. The molecule has 19 heavy (non-hydrogen) atoms. The van der Waals surface area contributed by atoms with Crippen LogP contribution < -0.4 is 14.8 Å². The predicted octanol–water partition coefficient (Wildman–Crippen LogP) is 1.15. The molecule has 0 saturated carbocycles. The number of rotatable bonds is 8. The Kier molecular flexibility index (Phi) is 6.08. The van der Waals surface area contributed by atoms with Crippen molar-refractivity contribution in [2.45, 2.75) is 12.5 Å². The van der Waals surface area contributed by atoms with Gasteiger partial charge >= 0.3 is 0 Å². The summed E-state index contributed by atoms with van der Waals surface area (Å²) < 4.78 is 15.6. The molecule has 0 amide bonds. The van der Waals surface area contributed by atoms with Crippen LogP contribution in [0.4, 0.5) is 0 Å². The quantitative estimate of drug-likeness (QED) is 0.693. The fraction of sp³-hybridized carbons (Fsp3) is 0.571. The zero-order valence-electron chi connectivity index (χ0n) is 12.0. The summed E-state index contributed by atoms with van der Waals surface area (Å²) in [5.41, 5.74) is 0.242. The van der Waals surface area contributed by atoms with Crippen molar-refractivity contribution in [3.8, 4) is 11.5 Å². The lowest BCUT2D eigenvalue weighted by Crippen LogP contribution is -2.44. The predicted molar refractivity (Wildman–Crippen MR) is 73.9 cm³/mol. The number of aliphatic hydroxyl groups is 1. The molecule has 2 N–H and O–H groups in total. The molecule has 5 heteroatoms. The maximum Gasteiger partial charge on any atom is 0.124 e. The van der Waals surface area contributed by atoms with Crippen molar-refractivity contribution in [2.24, 2.45) is 0 Å². The summed E-state index contributed by atoms with van der Waals surface area (Å²) in [6, 6.07) is 5.53. The minimum absolute atomic E-state index is 0.0553. The van der Waals surface area contributed by atoms with Gasteiger partial charge in [0.15, 0.2) is 0 Å². The van der Waals surface area contributed by atoms with Crippen LogP contribution in [-0.4, -0.2) is 46.2 Å². The van der Waals surface area contributed by atoms with Crippen LogP contribution in [0.3, 0.4) is 0 Å². The molecule has 108 valence electrons. The molecule has 0 bridgehead atoms. The molecular weight excluding hydrogens is 246 g/mol. The third kappa shape index (κ3) is 3.83. The molecule has 0 aliphatic carbocycles. The Morgan fingerprint density at radius 1 is 1.21 bits per heavy atom. The Hall–Kier alpha value is -1.30. The van der Waals surface area contributed by atoms with Crippen LogP contribution in [0.5, 0.6) is 11.5 Å². The first-order chi connectivity index (χ1) is 9.11.